The van der Waals surface area contributed by atoms with E-state index in [1.54, 1.807) is 24.5 Å². The van der Waals surface area contributed by atoms with E-state index in [4.69, 9.17) is 9.47 Å². The molecule has 1 aliphatic heterocycles. The van der Waals surface area contributed by atoms with Crippen LogP contribution in [0.2, 0.25) is 0 Å². The van der Waals surface area contributed by atoms with E-state index in [2.05, 4.69) is 5.32 Å². The fourth-order valence-electron chi connectivity index (χ4n) is 2.45. The summed E-state index contributed by atoms with van der Waals surface area (Å²) in [6, 6.07) is 11.7. The van der Waals surface area contributed by atoms with E-state index in [1.165, 1.54) is 17.8 Å². The molecular weight excluding hydrogens is 344 g/mol. The molecule has 0 aromatic heterocycles. The number of hydrogen-bond donors (Lipinski definition) is 1. The van der Waals surface area contributed by atoms with Gasteiger partial charge in [-0.1, -0.05) is 12.1 Å². The lowest BCUT2D eigenvalue weighted by atomic mass is 10.2. The molecule has 1 N–H and O–H groups in total. The Labute approximate surface area is 148 Å². The highest BCUT2D eigenvalue weighted by Gasteiger charge is 2.22. The first kappa shape index (κ1) is 17.1. The molecular formula is C17H16N2O5S. The number of nitro benzene ring substituents is 1. The first-order valence-corrected chi connectivity index (χ1v) is 8.80. The van der Waals surface area contributed by atoms with E-state index in [0.29, 0.717) is 23.0 Å². The van der Waals surface area contributed by atoms with Crippen molar-refractivity contribution >= 4 is 23.4 Å². The van der Waals surface area contributed by atoms with Gasteiger partial charge in [-0.25, -0.2) is 0 Å². The number of benzene rings is 2. The van der Waals surface area contributed by atoms with Gasteiger partial charge >= 0.3 is 0 Å². The fourth-order valence-corrected chi connectivity index (χ4v) is 2.99. The minimum atomic E-state index is -0.488. The van der Waals surface area contributed by atoms with Crippen LogP contribution in [-0.2, 0) is 0 Å². The maximum absolute atomic E-state index is 12.3. The number of nitro groups is 1. The molecule has 3 rings (SSSR count). The topological polar surface area (TPSA) is 90.7 Å². The Balaban J connectivity index is 1.64. The SMILES string of the molecule is CSc1ccc(C(=O)NC[C@@H]2COc3ccccc3O2)cc1[N+](=O)[O-]. The van der Waals surface area contributed by atoms with Gasteiger partial charge in [0.15, 0.2) is 11.5 Å². The summed E-state index contributed by atoms with van der Waals surface area (Å²) in [4.78, 5) is 23.4. The maximum atomic E-state index is 12.3. The van der Waals surface area contributed by atoms with Crippen LogP contribution in [0.1, 0.15) is 10.4 Å². The Morgan fingerprint density at radius 1 is 1.32 bits per heavy atom. The Morgan fingerprint density at radius 3 is 2.80 bits per heavy atom. The summed E-state index contributed by atoms with van der Waals surface area (Å²) in [5.41, 5.74) is 0.160. The highest BCUT2D eigenvalue weighted by atomic mass is 32.2. The van der Waals surface area contributed by atoms with E-state index in [-0.39, 0.29) is 23.9 Å². The van der Waals surface area contributed by atoms with Gasteiger partial charge in [-0.05, 0) is 30.5 Å². The standard InChI is InChI=1S/C17H16N2O5S/c1-25-16-7-6-11(8-13(16)19(21)22)17(20)18-9-12-10-23-14-4-2-3-5-15(14)24-12/h2-8,12H,9-10H2,1H3,(H,18,20)/t12-/m1/s1. The van der Waals surface area contributed by atoms with Gasteiger partial charge < -0.3 is 14.8 Å². The van der Waals surface area contributed by atoms with Crippen LogP contribution >= 0.6 is 11.8 Å². The summed E-state index contributed by atoms with van der Waals surface area (Å²) in [7, 11) is 0. The number of nitrogens with one attached hydrogen (secondary N) is 1. The number of thioether (sulfide) groups is 1. The van der Waals surface area contributed by atoms with E-state index >= 15 is 0 Å². The van der Waals surface area contributed by atoms with Crippen LogP contribution in [0.15, 0.2) is 47.4 Å². The number of rotatable bonds is 5. The molecule has 2 aromatic rings. The van der Waals surface area contributed by atoms with Crippen molar-refractivity contribution in [3.8, 4) is 11.5 Å². The number of carbonyl (C=O) groups is 1. The van der Waals surface area contributed by atoms with Gasteiger partial charge in [0.05, 0.1) is 16.4 Å². The lowest BCUT2D eigenvalue weighted by Crippen LogP contribution is -2.40. The average Bonchev–Trinajstić information content (AvgIpc) is 2.65. The number of amides is 1. The van der Waals surface area contributed by atoms with Crippen molar-refractivity contribution in [2.24, 2.45) is 0 Å². The fraction of sp³-hybridized carbons (Fsp3) is 0.235. The summed E-state index contributed by atoms with van der Waals surface area (Å²) >= 11 is 1.26. The van der Waals surface area contributed by atoms with Gasteiger partial charge in [0.1, 0.15) is 12.7 Å². The largest absolute Gasteiger partial charge is 0.486 e. The molecule has 7 nitrogen and oxygen atoms in total. The number of nitrogens with zero attached hydrogens (tertiary/aromatic N) is 1. The molecule has 0 aliphatic carbocycles. The molecule has 25 heavy (non-hydrogen) atoms. The van der Waals surface area contributed by atoms with E-state index in [1.807, 2.05) is 18.2 Å². The van der Waals surface area contributed by atoms with Crippen LogP contribution in [0.5, 0.6) is 11.5 Å². The van der Waals surface area contributed by atoms with E-state index in [9.17, 15) is 14.9 Å². The van der Waals surface area contributed by atoms with Crippen molar-refractivity contribution < 1.29 is 19.2 Å². The van der Waals surface area contributed by atoms with Crippen LogP contribution < -0.4 is 14.8 Å². The molecule has 0 fully saturated rings. The summed E-state index contributed by atoms with van der Waals surface area (Å²) in [5, 5.41) is 13.8. The van der Waals surface area contributed by atoms with Crippen molar-refractivity contribution in [2.45, 2.75) is 11.0 Å². The van der Waals surface area contributed by atoms with Gasteiger partial charge in [-0.15, -0.1) is 11.8 Å². The second-order valence-corrected chi connectivity index (χ2v) is 6.20. The first-order chi connectivity index (χ1) is 12.1. The molecule has 1 heterocycles. The zero-order chi connectivity index (χ0) is 17.8. The molecule has 8 heteroatoms. The van der Waals surface area contributed by atoms with Crippen molar-refractivity contribution in [1.29, 1.82) is 0 Å². The summed E-state index contributed by atoms with van der Waals surface area (Å²) in [5.74, 6) is 0.916. The second-order valence-electron chi connectivity index (χ2n) is 5.35. The molecule has 130 valence electrons. The summed E-state index contributed by atoms with van der Waals surface area (Å²) in [6.45, 7) is 0.564. The van der Waals surface area contributed by atoms with Crippen LogP contribution in [0.4, 0.5) is 5.69 Å². The number of fused-ring (bicyclic) bond motifs is 1. The normalized spacial score (nSPS) is 15.5. The van der Waals surface area contributed by atoms with E-state index < -0.39 is 10.8 Å². The van der Waals surface area contributed by atoms with Crippen LogP contribution in [0, 0.1) is 10.1 Å². The number of ether oxygens (including phenoxy) is 2. The molecule has 0 saturated heterocycles. The summed E-state index contributed by atoms with van der Waals surface area (Å²) in [6.07, 6.45) is 1.43. The molecule has 0 radical (unpaired) electrons. The van der Waals surface area contributed by atoms with Gasteiger partial charge in [-0.3, -0.25) is 14.9 Å². The average molecular weight is 360 g/mol. The highest BCUT2D eigenvalue weighted by Crippen LogP contribution is 2.31. The smallest absolute Gasteiger partial charge is 0.283 e. The van der Waals surface area contributed by atoms with Crippen molar-refractivity contribution in [2.75, 3.05) is 19.4 Å². The van der Waals surface area contributed by atoms with Crippen molar-refractivity contribution in [3.05, 3.63) is 58.1 Å². The van der Waals surface area contributed by atoms with Gasteiger partial charge in [0.25, 0.3) is 11.6 Å². The first-order valence-electron chi connectivity index (χ1n) is 7.57. The third-order valence-electron chi connectivity index (χ3n) is 3.70. The Bertz CT molecular complexity index is 811. The van der Waals surface area contributed by atoms with Gasteiger partial charge in [0.2, 0.25) is 0 Å². The predicted octanol–water partition coefficient (Wildman–Crippen LogP) is 2.89. The second kappa shape index (κ2) is 7.43. The number of hydrogen-bond acceptors (Lipinski definition) is 6. The van der Waals surface area contributed by atoms with Crippen LogP contribution in [0.3, 0.4) is 0 Å². The van der Waals surface area contributed by atoms with E-state index in [0.717, 1.165) is 0 Å². The third kappa shape index (κ3) is 3.85. The molecule has 1 aliphatic rings. The quantitative estimate of drug-likeness (QED) is 0.501. The Hall–Kier alpha value is -2.74. The lowest BCUT2D eigenvalue weighted by Gasteiger charge is -2.26. The van der Waals surface area contributed by atoms with Crippen molar-refractivity contribution in [3.63, 3.8) is 0 Å². The Morgan fingerprint density at radius 2 is 2.08 bits per heavy atom. The molecule has 1 amide bonds. The molecule has 0 saturated carbocycles. The minimum absolute atomic E-state index is 0.0775. The molecule has 1 atom stereocenters. The summed E-state index contributed by atoms with van der Waals surface area (Å²) < 4.78 is 11.4. The Kier molecular flexibility index (Phi) is 5.08. The minimum Gasteiger partial charge on any atom is -0.486 e. The van der Waals surface area contributed by atoms with Gasteiger partial charge in [-0.2, -0.15) is 0 Å². The molecule has 0 unspecified atom stereocenters. The van der Waals surface area contributed by atoms with Gasteiger partial charge in [0, 0.05) is 11.6 Å². The molecule has 0 bridgehead atoms. The van der Waals surface area contributed by atoms with Crippen LogP contribution in [0.25, 0.3) is 0 Å². The third-order valence-corrected chi connectivity index (χ3v) is 4.48. The zero-order valence-corrected chi connectivity index (χ0v) is 14.2. The molecule has 0 spiro atoms. The predicted molar refractivity (Wildman–Crippen MR) is 93.6 cm³/mol. The molecule has 2 aromatic carbocycles. The monoisotopic (exact) mass is 360 g/mol. The lowest BCUT2D eigenvalue weighted by molar-refractivity contribution is -0.387. The van der Waals surface area contributed by atoms with Crippen LogP contribution in [-0.4, -0.2) is 36.3 Å². The highest BCUT2D eigenvalue weighted by molar-refractivity contribution is 7.98. The zero-order valence-electron chi connectivity index (χ0n) is 13.4. The number of para-hydroxylation sites is 2. The maximum Gasteiger partial charge on any atom is 0.283 e. The number of carbonyl (C=O) groups excluding carboxylic acids is 1. The van der Waals surface area contributed by atoms with Crippen molar-refractivity contribution in [1.82, 2.24) is 5.32 Å².